The Balaban J connectivity index is 1.35. The van der Waals surface area contributed by atoms with Gasteiger partial charge in [-0.25, -0.2) is 9.07 Å². The van der Waals surface area contributed by atoms with Crippen molar-refractivity contribution >= 4 is 6.08 Å². The monoisotopic (exact) mass is 444 g/mol. The molecule has 1 heterocycles. The van der Waals surface area contributed by atoms with Crippen LogP contribution in [0.4, 0.5) is 4.39 Å². The highest BCUT2D eigenvalue weighted by Gasteiger charge is 2.63. The number of hydrogen-bond acceptors (Lipinski definition) is 3. The van der Waals surface area contributed by atoms with E-state index in [1.807, 2.05) is 29.1 Å². The molecule has 0 amide bonds. The number of aliphatic hydroxyl groups excluding tert-OH is 1. The Hall–Kier alpha value is -2.76. The molecule has 5 heteroatoms. The minimum atomic E-state index is -0.766. The van der Waals surface area contributed by atoms with E-state index < -0.39 is 5.60 Å². The summed E-state index contributed by atoms with van der Waals surface area (Å²) >= 11 is 0. The Morgan fingerprint density at radius 1 is 1.06 bits per heavy atom. The third-order valence-electron chi connectivity index (χ3n) is 8.32. The number of aliphatic hydroxyl groups is 2. The molecule has 1 aromatic heterocycles. The molecule has 0 radical (unpaired) electrons. The van der Waals surface area contributed by atoms with Gasteiger partial charge < -0.3 is 10.2 Å². The van der Waals surface area contributed by atoms with E-state index in [0.29, 0.717) is 12.3 Å². The summed E-state index contributed by atoms with van der Waals surface area (Å²) in [4.78, 5) is 0. The SMILES string of the molecule is OCc1ccccc1CC[C@]1(O)CCC2=Cc3c(cnn3-c3ccc(F)cc3)CC21C1CC1. The van der Waals surface area contributed by atoms with E-state index in [1.165, 1.54) is 17.7 Å². The molecule has 33 heavy (non-hydrogen) atoms. The highest BCUT2D eigenvalue weighted by atomic mass is 19.1. The molecule has 2 atom stereocenters. The second kappa shape index (κ2) is 7.64. The molecular formula is C28H29FN2O2. The fourth-order valence-corrected chi connectivity index (χ4v) is 6.51. The number of aryl methyl sites for hydroxylation is 1. The zero-order chi connectivity index (χ0) is 22.6. The van der Waals surface area contributed by atoms with Gasteiger partial charge in [0, 0.05) is 5.41 Å². The van der Waals surface area contributed by atoms with E-state index in [2.05, 4.69) is 17.2 Å². The van der Waals surface area contributed by atoms with E-state index in [4.69, 9.17) is 0 Å². The molecule has 170 valence electrons. The number of halogens is 1. The van der Waals surface area contributed by atoms with Crippen molar-refractivity contribution in [3.8, 4) is 5.69 Å². The van der Waals surface area contributed by atoms with Gasteiger partial charge in [-0.15, -0.1) is 0 Å². The lowest BCUT2D eigenvalue weighted by Gasteiger charge is -2.46. The molecule has 2 fully saturated rings. The largest absolute Gasteiger partial charge is 0.392 e. The topological polar surface area (TPSA) is 58.3 Å². The predicted octanol–water partition coefficient (Wildman–Crippen LogP) is 5.00. The molecule has 0 aliphatic heterocycles. The molecule has 0 spiro atoms. The molecule has 1 unspecified atom stereocenters. The van der Waals surface area contributed by atoms with Crippen LogP contribution in [0.3, 0.4) is 0 Å². The van der Waals surface area contributed by atoms with Gasteiger partial charge in [0.05, 0.1) is 29.8 Å². The average molecular weight is 445 g/mol. The number of aromatic nitrogens is 2. The minimum Gasteiger partial charge on any atom is -0.392 e. The Labute approximate surface area is 193 Å². The zero-order valence-electron chi connectivity index (χ0n) is 18.7. The van der Waals surface area contributed by atoms with Crippen LogP contribution in [-0.2, 0) is 19.4 Å². The van der Waals surface area contributed by atoms with Crippen LogP contribution in [0, 0.1) is 17.2 Å². The zero-order valence-corrected chi connectivity index (χ0v) is 18.7. The van der Waals surface area contributed by atoms with Crippen LogP contribution >= 0.6 is 0 Å². The molecule has 3 aromatic rings. The fraction of sp³-hybridized carbons (Fsp3) is 0.393. The van der Waals surface area contributed by atoms with Crippen LogP contribution in [-0.4, -0.2) is 25.6 Å². The van der Waals surface area contributed by atoms with Crippen LogP contribution < -0.4 is 0 Å². The van der Waals surface area contributed by atoms with Gasteiger partial charge in [0.25, 0.3) is 0 Å². The van der Waals surface area contributed by atoms with Crippen molar-refractivity contribution in [2.45, 2.75) is 57.2 Å². The standard InChI is InChI=1S/C28H29FN2O2/c29-24-7-9-25(10-8-24)31-26-15-23-12-14-27(33,13-11-19-3-1-2-4-20(19)18-32)28(23,22-5-6-22)16-21(26)17-30-31/h1-4,7-10,15,17,22,32-33H,5-6,11-14,16,18H2/t27-,28?/m0/s1. The second-order valence-corrected chi connectivity index (χ2v) is 9.99. The smallest absolute Gasteiger partial charge is 0.123 e. The number of fused-ring (bicyclic) bond motifs is 2. The maximum absolute atomic E-state index is 13.4. The fourth-order valence-electron chi connectivity index (χ4n) is 6.51. The van der Waals surface area contributed by atoms with Crippen LogP contribution in [0.5, 0.6) is 0 Å². The van der Waals surface area contributed by atoms with Gasteiger partial charge in [-0.2, -0.15) is 5.10 Å². The number of hydrogen-bond donors (Lipinski definition) is 2. The first-order valence-electron chi connectivity index (χ1n) is 12.0. The highest BCUT2D eigenvalue weighted by molar-refractivity contribution is 5.63. The van der Waals surface area contributed by atoms with Gasteiger partial charge in [0.15, 0.2) is 0 Å². The highest BCUT2D eigenvalue weighted by Crippen LogP contribution is 2.66. The molecular weight excluding hydrogens is 415 g/mol. The lowest BCUT2D eigenvalue weighted by molar-refractivity contribution is -0.0661. The van der Waals surface area contributed by atoms with Gasteiger partial charge in [-0.1, -0.05) is 29.8 Å². The molecule has 0 bridgehead atoms. The minimum absolute atomic E-state index is 0.0272. The summed E-state index contributed by atoms with van der Waals surface area (Å²) in [5.74, 6) is 0.251. The summed E-state index contributed by atoms with van der Waals surface area (Å²) in [6.07, 6.45) is 10.4. The van der Waals surface area contributed by atoms with E-state index in [-0.39, 0.29) is 17.8 Å². The van der Waals surface area contributed by atoms with Crippen LogP contribution in [0.2, 0.25) is 0 Å². The normalized spacial score (nSPS) is 26.1. The van der Waals surface area contributed by atoms with E-state index in [9.17, 15) is 14.6 Å². The van der Waals surface area contributed by atoms with Crippen molar-refractivity contribution in [1.29, 1.82) is 0 Å². The quantitative estimate of drug-likeness (QED) is 0.563. The number of nitrogens with zero attached hydrogens (tertiary/aromatic N) is 2. The van der Waals surface area contributed by atoms with Crippen molar-refractivity contribution in [2.24, 2.45) is 11.3 Å². The second-order valence-electron chi connectivity index (χ2n) is 9.99. The maximum Gasteiger partial charge on any atom is 0.123 e. The van der Waals surface area contributed by atoms with Crippen molar-refractivity contribution < 1.29 is 14.6 Å². The van der Waals surface area contributed by atoms with Crippen LogP contribution in [0.25, 0.3) is 11.8 Å². The van der Waals surface area contributed by atoms with E-state index >= 15 is 0 Å². The Kier molecular flexibility index (Phi) is 4.82. The number of benzene rings is 2. The third-order valence-corrected chi connectivity index (χ3v) is 8.32. The Morgan fingerprint density at radius 3 is 2.55 bits per heavy atom. The van der Waals surface area contributed by atoms with Gasteiger partial charge in [0.1, 0.15) is 5.82 Å². The summed E-state index contributed by atoms with van der Waals surface area (Å²) in [6, 6.07) is 14.4. The van der Waals surface area contributed by atoms with E-state index in [0.717, 1.165) is 66.6 Å². The van der Waals surface area contributed by atoms with Crippen molar-refractivity contribution in [3.05, 3.63) is 88.5 Å². The lowest BCUT2D eigenvalue weighted by atomic mass is 9.61. The molecule has 2 N–H and O–H groups in total. The average Bonchev–Trinajstić information content (AvgIpc) is 3.56. The van der Waals surface area contributed by atoms with Crippen LogP contribution in [0.15, 0.2) is 60.3 Å². The molecule has 4 nitrogen and oxygen atoms in total. The van der Waals surface area contributed by atoms with Gasteiger partial charge >= 0.3 is 0 Å². The molecule has 2 saturated carbocycles. The summed E-state index contributed by atoms with van der Waals surface area (Å²) in [7, 11) is 0. The number of rotatable bonds is 6. The first-order chi connectivity index (χ1) is 16.0. The summed E-state index contributed by atoms with van der Waals surface area (Å²) in [5.41, 5.74) is 5.48. The first kappa shape index (κ1) is 20.8. The summed E-state index contributed by atoms with van der Waals surface area (Å²) in [5, 5.41) is 26.6. The maximum atomic E-state index is 13.4. The lowest BCUT2D eigenvalue weighted by Crippen LogP contribution is -2.49. The van der Waals surface area contributed by atoms with Crippen molar-refractivity contribution in [2.75, 3.05) is 0 Å². The van der Waals surface area contributed by atoms with Gasteiger partial charge in [0.2, 0.25) is 0 Å². The Bertz CT molecular complexity index is 1230. The molecule has 3 aliphatic rings. The van der Waals surface area contributed by atoms with E-state index in [1.54, 1.807) is 12.1 Å². The Morgan fingerprint density at radius 2 is 1.82 bits per heavy atom. The van der Waals surface area contributed by atoms with Crippen LogP contribution in [0.1, 0.15) is 54.5 Å². The summed E-state index contributed by atoms with van der Waals surface area (Å²) < 4.78 is 15.3. The molecule has 3 aliphatic carbocycles. The molecule has 6 rings (SSSR count). The first-order valence-corrected chi connectivity index (χ1v) is 12.0. The van der Waals surface area contributed by atoms with Crippen molar-refractivity contribution in [1.82, 2.24) is 9.78 Å². The predicted molar refractivity (Wildman–Crippen MR) is 125 cm³/mol. The summed E-state index contributed by atoms with van der Waals surface area (Å²) in [6.45, 7) is 0.0272. The molecule has 0 saturated heterocycles. The van der Waals surface area contributed by atoms with Crippen molar-refractivity contribution in [3.63, 3.8) is 0 Å². The molecule has 2 aromatic carbocycles. The van der Waals surface area contributed by atoms with Gasteiger partial charge in [-0.3, -0.25) is 0 Å². The third kappa shape index (κ3) is 3.21. The van der Waals surface area contributed by atoms with Gasteiger partial charge in [-0.05, 0) is 97.9 Å².